The molecule has 2 rings (SSSR count). The van der Waals surface area contributed by atoms with Crippen molar-refractivity contribution in [3.05, 3.63) is 24.3 Å². The van der Waals surface area contributed by atoms with Crippen LogP contribution in [0.15, 0.2) is 24.3 Å². The van der Waals surface area contributed by atoms with Gasteiger partial charge in [-0.2, -0.15) is 0 Å². The van der Waals surface area contributed by atoms with Gasteiger partial charge in [-0.25, -0.2) is 0 Å². The number of carbonyl (C=O) groups excluding carboxylic acids is 2. The first-order chi connectivity index (χ1) is 9.37. The molecular weight excluding hydrogens is 256 g/mol. The summed E-state index contributed by atoms with van der Waals surface area (Å²) >= 11 is 0. The Bertz CT molecular complexity index is 520. The molecule has 0 saturated carbocycles. The smallest absolute Gasteiger partial charge is 0.265 e. The third-order valence-electron chi connectivity index (χ3n) is 2.89. The van der Waals surface area contributed by atoms with Gasteiger partial charge < -0.3 is 15.0 Å². The number of nitrogens with one attached hydrogen (secondary N) is 1. The van der Waals surface area contributed by atoms with E-state index in [4.69, 9.17) is 4.74 Å². The van der Waals surface area contributed by atoms with Crippen molar-refractivity contribution >= 4 is 17.5 Å². The van der Waals surface area contributed by atoms with Crippen LogP contribution in [-0.2, 0) is 9.59 Å². The Morgan fingerprint density at radius 2 is 2.05 bits per heavy atom. The number of carbonyl (C=O) groups is 2. The highest BCUT2D eigenvalue weighted by atomic mass is 16.5. The number of nitrogens with zero attached hydrogens (tertiary/aromatic N) is 1. The summed E-state index contributed by atoms with van der Waals surface area (Å²) in [5.41, 5.74) is 0.469. The first-order valence-corrected chi connectivity index (χ1v) is 6.70. The summed E-state index contributed by atoms with van der Waals surface area (Å²) in [6.07, 6.45) is 0.275. The predicted octanol–water partition coefficient (Wildman–Crippen LogP) is 1.72. The van der Waals surface area contributed by atoms with Crippen LogP contribution in [0.5, 0.6) is 5.75 Å². The maximum Gasteiger partial charge on any atom is 0.265 e. The number of hydrogen-bond donors (Lipinski definition) is 1. The van der Waals surface area contributed by atoms with Crippen LogP contribution in [0, 0.1) is 0 Å². The zero-order valence-electron chi connectivity index (χ0n) is 12.1. The second-order valence-corrected chi connectivity index (χ2v) is 5.85. The fraction of sp³-hybridized carbons (Fsp3) is 0.467. The fourth-order valence-electron chi connectivity index (χ4n) is 2.09. The molecule has 0 radical (unpaired) electrons. The Balaban J connectivity index is 2.02. The third-order valence-corrected chi connectivity index (χ3v) is 2.89. The predicted molar refractivity (Wildman–Crippen MR) is 76.8 cm³/mol. The Kier molecular flexibility index (Phi) is 3.97. The normalized spacial score (nSPS) is 14.6. The molecule has 1 N–H and O–H groups in total. The number of rotatable bonds is 3. The number of hydrogen-bond acceptors (Lipinski definition) is 3. The van der Waals surface area contributed by atoms with Gasteiger partial charge in [-0.05, 0) is 32.9 Å². The molecule has 0 spiro atoms. The van der Waals surface area contributed by atoms with Gasteiger partial charge in [0.15, 0.2) is 6.61 Å². The molecule has 0 atom stereocenters. The van der Waals surface area contributed by atoms with Gasteiger partial charge in [-0.15, -0.1) is 0 Å². The molecule has 0 saturated heterocycles. The summed E-state index contributed by atoms with van der Waals surface area (Å²) in [4.78, 5) is 25.4. The lowest BCUT2D eigenvalue weighted by Gasteiger charge is -2.29. The number of benzene rings is 1. The molecule has 5 nitrogen and oxygen atoms in total. The maximum atomic E-state index is 11.9. The Labute approximate surface area is 118 Å². The number of amides is 2. The minimum absolute atomic E-state index is 0.0257. The number of anilines is 1. The molecule has 1 aliphatic heterocycles. The first kappa shape index (κ1) is 14.4. The van der Waals surface area contributed by atoms with E-state index in [1.807, 2.05) is 45.0 Å². The molecule has 20 heavy (non-hydrogen) atoms. The SMILES string of the molecule is CC(C)(C)NC(=O)CCN1C(=O)COc2ccccc21. The quantitative estimate of drug-likeness (QED) is 0.914. The first-order valence-electron chi connectivity index (χ1n) is 6.70. The number of para-hydroxylation sites is 2. The summed E-state index contributed by atoms with van der Waals surface area (Å²) in [6.45, 7) is 6.18. The monoisotopic (exact) mass is 276 g/mol. The second-order valence-electron chi connectivity index (χ2n) is 5.85. The average Bonchev–Trinajstić information content (AvgIpc) is 2.35. The van der Waals surface area contributed by atoms with Crippen molar-refractivity contribution in [3.8, 4) is 5.75 Å². The van der Waals surface area contributed by atoms with Crippen molar-refractivity contribution in [3.63, 3.8) is 0 Å². The van der Waals surface area contributed by atoms with Gasteiger partial charge in [-0.3, -0.25) is 9.59 Å². The lowest BCUT2D eigenvalue weighted by atomic mass is 10.1. The molecule has 1 heterocycles. The highest BCUT2D eigenvalue weighted by Crippen LogP contribution is 2.31. The summed E-state index contributed by atoms with van der Waals surface area (Å²) in [6, 6.07) is 7.36. The number of fused-ring (bicyclic) bond motifs is 1. The van der Waals surface area contributed by atoms with Gasteiger partial charge in [0.1, 0.15) is 5.75 Å². The van der Waals surface area contributed by atoms with E-state index >= 15 is 0 Å². The number of ether oxygens (including phenoxy) is 1. The Hall–Kier alpha value is -2.04. The maximum absolute atomic E-state index is 11.9. The molecule has 1 aliphatic rings. The molecule has 108 valence electrons. The minimum Gasteiger partial charge on any atom is -0.482 e. The van der Waals surface area contributed by atoms with Crippen LogP contribution in [0.1, 0.15) is 27.2 Å². The van der Waals surface area contributed by atoms with E-state index < -0.39 is 0 Å². The van der Waals surface area contributed by atoms with E-state index in [1.54, 1.807) is 4.90 Å². The largest absolute Gasteiger partial charge is 0.482 e. The van der Waals surface area contributed by atoms with Crippen LogP contribution in [0.4, 0.5) is 5.69 Å². The lowest BCUT2D eigenvalue weighted by Crippen LogP contribution is -2.44. The molecule has 0 fully saturated rings. The van der Waals surface area contributed by atoms with Gasteiger partial charge in [0.2, 0.25) is 5.91 Å². The molecular formula is C15H20N2O3. The van der Waals surface area contributed by atoms with Gasteiger partial charge in [0.05, 0.1) is 5.69 Å². The van der Waals surface area contributed by atoms with Crippen LogP contribution in [-0.4, -0.2) is 30.5 Å². The van der Waals surface area contributed by atoms with Crippen molar-refractivity contribution in [2.75, 3.05) is 18.1 Å². The van der Waals surface area contributed by atoms with Crippen molar-refractivity contribution in [1.82, 2.24) is 5.32 Å². The summed E-state index contributed by atoms with van der Waals surface area (Å²) in [7, 11) is 0. The third kappa shape index (κ3) is 3.50. The highest BCUT2D eigenvalue weighted by molar-refractivity contribution is 5.98. The molecule has 1 aromatic carbocycles. The standard InChI is InChI=1S/C15H20N2O3/c1-15(2,3)16-13(18)8-9-17-11-6-4-5-7-12(11)20-10-14(17)19/h4-7H,8-10H2,1-3H3,(H,16,18). The molecule has 2 amide bonds. The summed E-state index contributed by atoms with van der Waals surface area (Å²) < 4.78 is 5.36. The Morgan fingerprint density at radius 1 is 1.35 bits per heavy atom. The van der Waals surface area contributed by atoms with E-state index in [9.17, 15) is 9.59 Å². The van der Waals surface area contributed by atoms with E-state index in [0.717, 1.165) is 5.69 Å². The second kappa shape index (κ2) is 5.53. The van der Waals surface area contributed by atoms with Gasteiger partial charge in [-0.1, -0.05) is 12.1 Å². The molecule has 0 bridgehead atoms. The van der Waals surface area contributed by atoms with Gasteiger partial charge >= 0.3 is 0 Å². The van der Waals surface area contributed by atoms with Crippen LogP contribution < -0.4 is 15.0 Å². The molecule has 0 unspecified atom stereocenters. The average molecular weight is 276 g/mol. The lowest BCUT2D eigenvalue weighted by molar-refractivity contribution is -0.122. The minimum atomic E-state index is -0.260. The zero-order chi connectivity index (χ0) is 14.8. The summed E-state index contributed by atoms with van der Waals surface area (Å²) in [5, 5.41) is 2.89. The van der Waals surface area contributed by atoms with Crippen molar-refractivity contribution < 1.29 is 14.3 Å². The van der Waals surface area contributed by atoms with Gasteiger partial charge in [0, 0.05) is 18.5 Å². The van der Waals surface area contributed by atoms with Crippen molar-refractivity contribution in [1.29, 1.82) is 0 Å². The molecule has 0 aliphatic carbocycles. The topological polar surface area (TPSA) is 58.6 Å². The van der Waals surface area contributed by atoms with E-state index in [1.165, 1.54) is 0 Å². The van der Waals surface area contributed by atoms with Crippen LogP contribution in [0.3, 0.4) is 0 Å². The van der Waals surface area contributed by atoms with Crippen LogP contribution >= 0.6 is 0 Å². The fourth-order valence-corrected chi connectivity index (χ4v) is 2.09. The molecule has 5 heteroatoms. The zero-order valence-corrected chi connectivity index (χ0v) is 12.1. The van der Waals surface area contributed by atoms with E-state index in [2.05, 4.69) is 5.32 Å². The van der Waals surface area contributed by atoms with E-state index in [0.29, 0.717) is 12.3 Å². The summed E-state index contributed by atoms with van der Waals surface area (Å²) in [5.74, 6) is 0.505. The van der Waals surface area contributed by atoms with Crippen molar-refractivity contribution in [2.45, 2.75) is 32.7 Å². The van der Waals surface area contributed by atoms with Crippen LogP contribution in [0.25, 0.3) is 0 Å². The Morgan fingerprint density at radius 3 is 2.75 bits per heavy atom. The van der Waals surface area contributed by atoms with Crippen molar-refractivity contribution in [2.24, 2.45) is 0 Å². The van der Waals surface area contributed by atoms with Crippen LogP contribution in [0.2, 0.25) is 0 Å². The molecule has 1 aromatic rings. The highest BCUT2D eigenvalue weighted by Gasteiger charge is 2.25. The van der Waals surface area contributed by atoms with E-state index in [-0.39, 0.29) is 30.4 Å². The molecule has 0 aromatic heterocycles. The van der Waals surface area contributed by atoms with Gasteiger partial charge in [0.25, 0.3) is 5.91 Å².